The molecule has 2 aromatic carbocycles. The zero-order valence-corrected chi connectivity index (χ0v) is 11.4. The summed E-state index contributed by atoms with van der Waals surface area (Å²) in [5.41, 5.74) is 10.8. The first kappa shape index (κ1) is 12.5. The molecule has 4 heteroatoms. The molecule has 1 amide bonds. The van der Waals surface area contributed by atoms with Gasteiger partial charge in [0.25, 0.3) is 0 Å². The van der Waals surface area contributed by atoms with E-state index in [0.29, 0.717) is 12.1 Å². The van der Waals surface area contributed by atoms with Crippen LogP contribution in [0.2, 0.25) is 0 Å². The van der Waals surface area contributed by atoms with Crippen LogP contribution >= 0.6 is 0 Å². The molecule has 102 valence electrons. The van der Waals surface area contributed by atoms with Crippen LogP contribution in [0.25, 0.3) is 0 Å². The van der Waals surface area contributed by atoms with Crippen molar-refractivity contribution in [2.45, 2.75) is 13.0 Å². The van der Waals surface area contributed by atoms with Gasteiger partial charge >= 0.3 is 0 Å². The molecule has 0 saturated heterocycles. The molecule has 0 radical (unpaired) electrons. The molecule has 3 N–H and O–H groups in total. The third-order valence-corrected chi connectivity index (χ3v) is 3.55. The average molecular weight is 267 g/mol. The number of anilines is 3. The van der Waals surface area contributed by atoms with Gasteiger partial charge in [0.1, 0.15) is 0 Å². The van der Waals surface area contributed by atoms with Crippen molar-refractivity contribution in [2.24, 2.45) is 0 Å². The Bertz CT molecular complexity index is 652. The molecule has 0 fully saturated rings. The highest BCUT2D eigenvalue weighted by Crippen LogP contribution is 2.33. The Morgan fingerprint density at radius 1 is 1.25 bits per heavy atom. The molecular weight excluding hydrogens is 250 g/mol. The van der Waals surface area contributed by atoms with Gasteiger partial charge in [-0.05, 0) is 23.3 Å². The standard InChI is InChI=1S/C16H17N3O/c1-19(10-11-5-3-2-4-6-11)15-9-14-12(7-13(15)17)8-16(20)18-14/h2-7,9H,8,10,17H2,1H3,(H,18,20). The summed E-state index contributed by atoms with van der Waals surface area (Å²) >= 11 is 0. The van der Waals surface area contributed by atoms with Crippen LogP contribution < -0.4 is 16.0 Å². The van der Waals surface area contributed by atoms with Gasteiger partial charge in [-0.25, -0.2) is 0 Å². The minimum Gasteiger partial charge on any atom is -0.397 e. The predicted octanol–water partition coefficient (Wildman–Crippen LogP) is 2.40. The minimum atomic E-state index is 0.0299. The molecule has 1 aliphatic heterocycles. The number of benzene rings is 2. The van der Waals surface area contributed by atoms with E-state index in [2.05, 4.69) is 22.3 Å². The van der Waals surface area contributed by atoms with Gasteiger partial charge in [-0.15, -0.1) is 0 Å². The summed E-state index contributed by atoms with van der Waals surface area (Å²) < 4.78 is 0. The molecule has 0 saturated carbocycles. The fraction of sp³-hybridized carbons (Fsp3) is 0.188. The van der Waals surface area contributed by atoms with E-state index in [0.717, 1.165) is 23.5 Å². The smallest absolute Gasteiger partial charge is 0.228 e. The number of fused-ring (bicyclic) bond motifs is 1. The Kier molecular flexibility index (Phi) is 3.06. The Morgan fingerprint density at radius 2 is 2.00 bits per heavy atom. The van der Waals surface area contributed by atoms with Crippen molar-refractivity contribution in [3.05, 3.63) is 53.6 Å². The molecule has 0 unspecified atom stereocenters. The first-order chi connectivity index (χ1) is 9.63. The normalized spacial score (nSPS) is 12.9. The summed E-state index contributed by atoms with van der Waals surface area (Å²) in [5, 5.41) is 2.86. The van der Waals surface area contributed by atoms with Crippen molar-refractivity contribution in [3.63, 3.8) is 0 Å². The maximum Gasteiger partial charge on any atom is 0.228 e. The fourth-order valence-corrected chi connectivity index (χ4v) is 2.56. The number of carbonyl (C=O) groups is 1. The number of hydrogen-bond donors (Lipinski definition) is 2. The second kappa shape index (κ2) is 4.89. The lowest BCUT2D eigenvalue weighted by Gasteiger charge is -2.22. The largest absolute Gasteiger partial charge is 0.397 e. The summed E-state index contributed by atoms with van der Waals surface area (Å²) in [4.78, 5) is 13.5. The summed E-state index contributed by atoms with van der Waals surface area (Å²) in [6.45, 7) is 0.776. The summed E-state index contributed by atoms with van der Waals surface area (Å²) in [6, 6.07) is 14.1. The summed E-state index contributed by atoms with van der Waals surface area (Å²) in [5.74, 6) is 0.0299. The van der Waals surface area contributed by atoms with E-state index < -0.39 is 0 Å². The number of nitrogens with zero attached hydrogens (tertiary/aromatic N) is 1. The van der Waals surface area contributed by atoms with Crippen LogP contribution in [0.3, 0.4) is 0 Å². The Hall–Kier alpha value is -2.49. The molecule has 0 aliphatic carbocycles. The van der Waals surface area contributed by atoms with E-state index in [-0.39, 0.29) is 5.91 Å². The highest BCUT2D eigenvalue weighted by atomic mass is 16.1. The molecule has 0 bridgehead atoms. The Morgan fingerprint density at radius 3 is 2.75 bits per heavy atom. The van der Waals surface area contributed by atoms with Gasteiger partial charge in [0, 0.05) is 19.3 Å². The molecule has 3 rings (SSSR count). The molecule has 20 heavy (non-hydrogen) atoms. The van der Waals surface area contributed by atoms with Gasteiger partial charge in [-0.2, -0.15) is 0 Å². The van der Waals surface area contributed by atoms with Gasteiger partial charge in [-0.3, -0.25) is 4.79 Å². The van der Waals surface area contributed by atoms with E-state index in [1.807, 2.05) is 37.4 Å². The number of carbonyl (C=O) groups excluding carboxylic acids is 1. The number of nitrogens with two attached hydrogens (primary N) is 1. The lowest BCUT2D eigenvalue weighted by Crippen LogP contribution is -2.18. The van der Waals surface area contributed by atoms with Crippen molar-refractivity contribution in [2.75, 3.05) is 23.0 Å². The molecule has 4 nitrogen and oxygen atoms in total. The molecule has 0 atom stereocenters. The third-order valence-electron chi connectivity index (χ3n) is 3.55. The van der Waals surface area contributed by atoms with Gasteiger partial charge in [0.05, 0.1) is 17.8 Å². The van der Waals surface area contributed by atoms with Crippen LogP contribution in [0.15, 0.2) is 42.5 Å². The molecule has 1 heterocycles. The number of rotatable bonds is 3. The molecule has 0 aromatic heterocycles. The maximum absolute atomic E-state index is 11.4. The lowest BCUT2D eigenvalue weighted by molar-refractivity contribution is -0.115. The number of nitrogen functional groups attached to an aromatic ring is 1. The summed E-state index contributed by atoms with van der Waals surface area (Å²) in [7, 11) is 2.00. The maximum atomic E-state index is 11.4. The van der Waals surface area contributed by atoms with Crippen molar-refractivity contribution in [3.8, 4) is 0 Å². The third kappa shape index (κ3) is 2.32. The minimum absolute atomic E-state index is 0.0299. The number of nitrogens with one attached hydrogen (secondary N) is 1. The number of hydrogen-bond acceptors (Lipinski definition) is 3. The Balaban J connectivity index is 1.87. The monoisotopic (exact) mass is 267 g/mol. The van der Waals surface area contributed by atoms with Gasteiger partial charge < -0.3 is 16.0 Å². The first-order valence-electron chi connectivity index (χ1n) is 6.61. The molecular formula is C16H17N3O. The predicted molar refractivity (Wildman–Crippen MR) is 81.7 cm³/mol. The summed E-state index contributed by atoms with van der Waals surface area (Å²) in [6.07, 6.45) is 0.419. The van der Waals surface area contributed by atoms with Crippen LogP contribution in [0.5, 0.6) is 0 Å². The van der Waals surface area contributed by atoms with E-state index in [9.17, 15) is 4.79 Å². The fourth-order valence-electron chi connectivity index (χ4n) is 2.56. The van der Waals surface area contributed by atoms with Crippen LogP contribution in [0.1, 0.15) is 11.1 Å². The SMILES string of the molecule is CN(Cc1ccccc1)c1cc2c(cc1N)CC(=O)N2. The van der Waals surface area contributed by atoms with Crippen molar-refractivity contribution in [1.29, 1.82) is 0 Å². The van der Waals surface area contributed by atoms with E-state index in [1.165, 1.54) is 5.56 Å². The highest BCUT2D eigenvalue weighted by Gasteiger charge is 2.20. The second-order valence-electron chi connectivity index (χ2n) is 5.13. The van der Waals surface area contributed by atoms with Crippen LogP contribution in [0, 0.1) is 0 Å². The zero-order valence-electron chi connectivity index (χ0n) is 11.4. The van der Waals surface area contributed by atoms with Crippen LogP contribution in [-0.4, -0.2) is 13.0 Å². The highest BCUT2D eigenvalue weighted by molar-refractivity contribution is 6.00. The van der Waals surface area contributed by atoms with Crippen molar-refractivity contribution < 1.29 is 4.79 Å². The van der Waals surface area contributed by atoms with E-state index in [4.69, 9.17) is 5.73 Å². The Labute approximate surface area is 118 Å². The van der Waals surface area contributed by atoms with Crippen molar-refractivity contribution >= 4 is 23.0 Å². The van der Waals surface area contributed by atoms with Gasteiger partial charge in [0.15, 0.2) is 0 Å². The topological polar surface area (TPSA) is 58.4 Å². The van der Waals surface area contributed by atoms with E-state index >= 15 is 0 Å². The zero-order chi connectivity index (χ0) is 14.1. The molecule has 2 aromatic rings. The van der Waals surface area contributed by atoms with Crippen LogP contribution in [0.4, 0.5) is 17.1 Å². The second-order valence-corrected chi connectivity index (χ2v) is 5.13. The van der Waals surface area contributed by atoms with Crippen LogP contribution in [-0.2, 0) is 17.8 Å². The lowest BCUT2D eigenvalue weighted by atomic mass is 10.1. The average Bonchev–Trinajstić information content (AvgIpc) is 2.78. The van der Waals surface area contributed by atoms with Gasteiger partial charge in [-0.1, -0.05) is 30.3 Å². The first-order valence-corrected chi connectivity index (χ1v) is 6.61. The number of amides is 1. The van der Waals surface area contributed by atoms with Gasteiger partial charge in [0.2, 0.25) is 5.91 Å². The van der Waals surface area contributed by atoms with Crippen molar-refractivity contribution in [1.82, 2.24) is 0 Å². The van der Waals surface area contributed by atoms with E-state index in [1.54, 1.807) is 0 Å². The molecule has 1 aliphatic rings. The molecule has 0 spiro atoms. The quantitative estimate of drug-likeness (QED) is 0.840.